The average Bonchev–Trinajstić information content (AvgIpc) is 2.96. The van der Waals surface area contributed by atoms with Gasteiger partial charge in [-0.2, -0.15) is 0 Å². The van der Waals surface area contributed by atoms with Crippen molar-refractivity contribution in [2.75, 3.05) is 66.5 Å². The lowest BCUT2D eigenvalue weighted by Gasteiger charge is -2.38. The second-order valence-corrected chi connectivity index (χ2v) is 8.16. The third kappa shape index (κ3) is 4.97. The molecule has 140 valence electrons. The number of likely N-dealkylation sites (N-methyl/N-ethyl adjacent to an activating group) is 1. The Balaban J connectivity index is 0.00000208. The van der Waals surface area contributed by atoms with Gasteiger partial charge in [-0.05, 0) is 37.6 Å². The fraction of sp³-hybridized carbons (Fsp3) is 0.944. The largest absolute Gasteiger partial charge is 0.356 e. The van der Waals surface area contributed by atoms with E-state index in [2.05, 4.69) is 39.0 Å². The van der Waals surface area contributed by atoms with Crippen molar-refractivity contribution in [1.82, 2.24) is 20.0 Å². The average molecular weight is 449 g/mol. The number of likely N-dealkylation sites (tertiary alicyclic amines) is 1. The highest BCUT2D eigenvalue weighted by atomic mass is 127. The Morgan fingerprint density at radius 1 is 1.12 bits per heavy atom. The molecule has 1 saturated carbocycles. The van der Waals surface area contributed by atoms with Crippen molar-refractivity contribution in [3.63, 3.8) is 0 Å². The Morgan fingerprint density at radius 2 is 1.83 bits per heavy atom. The lowest BCUT2D eigenvalue weighted by molar-refractivity contribution is 0.138. The van der Waals surface area contributed by atoms with E-state index in [9.17, 15) is 0 Å². The van der Waals surface area contributed by atoms with Crippen molar-refractivity contribution in [3.05, 3.63) is 0 Å². The van der Waals surface area contributed by atoms with Crippen LogP contribution in [0.2, 0.25) is 0 Å². The normalized spacial score (nSPS) is 26.1. The summed E-state index contributed by atoms with van der Waals surface area (Å²) in [7, 11) is 4.15. The van der Waals surface area contributed by atoms with E-state index in [4.69, 9.17) is 0 Å². The molecule has 2 heterocycles. The molecular formula is C18H36IN5. The summed E-state index contributed by atoms with van der Waals surface area (Å²) in [4.78, 5) is 12.0. The van der Waals surface area contributed by atoms with E-state index in [1.54, 1.807) is 0 Å². The number of hydrogen-bond donors (Lipinski definition) is 1. The molecule has 0 aromatic heterocycles. The summed E-state index contributed by atoms with van der Waals surface area (Å²) in [6, 6.07) is 0. The van der Waals surface area contributed by atoms with E-state index < -0.39 is 0 Å². The van der Waals surface area contributed by atoms with Crippen LogP contribution in [0.15, 0.2) is 4.99 Å². The van der Waals surface area contributed by atoms with Crippen molar-refractivity contribution in [2.45, 2.75) is 32.6 Å². The van der Waals surface area contributed by atoms with E-state index >= 15 is 0 Å². The van der Waals surface area contributed by atoms with Crippen molar-refractivity contribution >= 4 is 29.9 Å². The highest BCUT2D eigenvalue weighted by molar-refractivity contribution is 14.0. The summed E-state index contributed by atoms with van der Waals surface area (Å²) in [6.45, 7) is 11.8. The molecule has 3 aliphatic rings. The van der Waals surface area contributed by atoms with Gasteiger partial charge in [-0.3, -0.25) is 4.99 Å². The zero-order chi connectivity index (χ0) is 16.3. The Kier molecular flexibility index (Phi) is 7.61. The third-order valence-electron chi connectivity index (χ3n) is 6.14. The van der Waals surface area contributed by atoms with Crippen LogP contribution in [0.1, 0.15) is 32.6 Å². The van der Waals surface area contributed by atoms with Crippen LogP contribution in [0.5, 0.6) is 0 Å². The van der Waals surface area contributed by atoms with Gasteiger partial charge < -0.3 is 20.0 Å². The molecule has 5 nitrogen and oxygen atoms in total. The van der Waals surface area contributed by atoms with Gasteiger partial charge in [-0.15, -0.1) is 24.0 Å². The summed E-state index contributed by atoms with van der Waals surface area (Å²) >= 11 is 0. The van der Waals surface area contributed by atoms with Crippen molar-refractivity contribution < 1.29 is 0 Å². The van der Waals surface area contributed by atoms with Gasteiger partial charge in [0.15, 0.2) is 5.96 Å². The molecule has 0 aromatic rings. The Bertz CT molecular complexity index is 416. The van der Waals surface area contributed by atoms with Crippen molar-refractivity contribution in [3.8, 4) is 0 Å². The Morgan fingerprint density at radius 3 is 2.38 bits per heavy atom. The molecule has 0 aromatic carbocycles. The van der Waals surface area contributed by atoms with Crippen LogP contribution in [0.4, 0.5) is 0 Å². The summed E-state index contributed by atoms with van der Waals surface area (Å²) in [5, 5.41) is 3.63. The number of halogens is 1. The van der Waals surface area contributed by atoms with Gasteiger partial charge >= 0.3 is 0 Å². The molecule has 1 N–H and O–H groups in total. The molecule has 0 radical (unpaired) electrons. The van der Waals surface area contributed by atoms with Crippen LogP contribution in [0, 0.1) is 11.3 Å². The first kappa shape index (κ1) is 20.2. The molecule has 24 heavy (non-hydrogen) atoms. The standard InChI is InChI=1S/C18H35N5.HI/c1-16(14-22-11-9-21(3)10-12-22)13-20-17(19-2)23-8-7-18(15-23)5-4-6-18;/h16H,4-15H2,1-3H3,(H,19,20);1H. The number of hydrogen-bond acceptors (Lipinski definition) is 3. The molecule has 0 amide bonds. The number of aliphatic imine (C=N–C) groups is 1. The highest BCUT2D eigenvalue weighted by Gasteiger charge is 2.43. The van der Waals surface area contributed by atoms with E-state index in [0.29, 0.717) is 11.3 Å². The lowest BCUT2D eigenvalue weighted by atomic mass is 9.68. The minimum absolute atomic E-state index is 0. The van der Waals surface area contributed by atoms with Gasteiger partial charge in [0.1, 0.15) is 0 Å². The van der Waals surface area contributed by atoms with Gasteiger partial charge in [-0.25, -0.2) is 0 Å². The summed E-state index contributed by atoms with van der Waals surface area (Å²) in [5.74, 6) is 1.79. The molecule has 1 atom stereocenters. The molecule has 1 unspecified atom stereocenters. The maximum Gasteiger partial charge on any atom is 0.193 e. The molecule has 2 aliphatic heterocycles. The molecule has 1 aliphatic carbocycles. The minimum Gasteiger partial charge on any atom is -0.356 e. The Hall–Kier alpha value is -0.0800. The predicted octanol–water partition coefficient (Wildman–Crippen LogP) is 1.94. The van der Waals surface area contributed by atoms with Crippen LogP contribution < -0.4 is 5.32 Å². The molecule has 0 bridgehead atoms. The lowest BCUT2D eigenvalue weighted by Crippen LogP contribution is -2.48. The van der Waals surface area contributed by atoms with Crippen LogP contribution >= 0.6 is 24.0 Å². The molecule has 2 saturated heterocycles. The SMILES string of the molecule is CN=C(NCC(C)CN1CCN(C)CC1)N1CCC2(CCC2)C1.I. The fourth-order valence-electron chi connectivity index (χ4n) is 4.33. The van der Waals surface area contributed by atoms with Crippen LogP contribution in [0.3, 0.4) is 0 Å². The van der Waals surface area contributed by atoms with E-state index in [-0.39, 0.29) is 24.0 Å². The fourth-order valence-corrected chi connectivity index (χ4v) is 4.33. The minimum atomic E-state index is 0. The number of nitrogens with zero attached hydrogens (tertiary/aromatic N) is 4. The van der Waals surface area contributed by atoms with E-state index in [1.165, 1.54) is 71.5 Å². The summed E-state index contributed by atoms with van der Waals surface area (Å²) in [6.07, 6.45) is 5.66. The third-order valence-corrected chi connectivity index (χ3v) is 6.14. The first-order chi connectivity index (χ1) is 11.1. The maximum absolute atomic E-state index is 4.53. The predicted molar refractivity (Wildman–Crippen MR) is 112 cm³/mol. The quantitative estimate of drug-likeness (QED) is 0.404. The topological polar surface area (TPSA) is 34.1 Å². The second kappa shape index (κ2) is 9.03. The smallest absolute Gasteiger partial charge is 0.193 e. The summed E-state index contributed by atoms with van der Waals surface area (Å²) < 4.78 is 0. The molecule has 1 spiro atoms. The number of piperazine rings is 1. The molecule has 3 rings (SSSR count). The highest BCUT2D eigenvalue weighted by Crippen LogP contribution is 2.47. The zero-order valence-electron chi connectivity index (χ0n) is 15.8. The van der Waals surface area contributed by atoms with Crippen LogP contribution in [0.25, 0.3) is 0 Å². The monoisotopic (exact) mass is 449 g/mol. The van der Waals surface area contributed by atoms with E-state index in [1.807, 2.05) is 7.05 Å². The first-order valence-electron chi connectivity index (χ1n) is 9.47. The molecule has 3 fully saturated rings. The van der Waals surface area contributed by atoms with Crippen molar-refractivity contribution in [2.24, 2.45) is 16.3 Å². The van der Waals surface area contributed by atoms with Gasteiger partial charge in [0.2, 0.25) is 0 Å². The number of nitrogens with one attached hydrogen (secondary N) is 1. The zero-order valence-corrected chi connectivity index (χ0v) is 18.1. The second-order valence-electron chi connectivity index (χ2n) is 8.16. The molecule has 6 heteroatoms. The number of guanidine groups is 1. The summed E-state index contributed by atoms with van der Waals surface area (Å²) in [5.41, 5.74) is 0.642. The van der Waals surface area contributed by atoms with Crippen LogP contribution in [-0.4, -0.2) is 87.1 Å². The Labute approximate surface area is 165 Å². The first-order valence-corrected chi connectivity index (χ1v) is 9.47. The van der Waals surface area contributed by atoms with E-state index in [0.717, 1.165) is 12.5 Å². The number of rotatable bonds is 4. The van der Waals surface area contributed by atoms with Crippen LogP contribution in [-0.2, 0) is 0 Å². The maximum atomic E-state index is 4.53. The van der Waals surface area contributed by atoms with Gasteiger partial charge in [0.05, 0.1) is 0 Å². The van der Waals surface area contributed by atoms with Gasteiger partial charge in [-0.1, -0.05) is 13.3 Å². The van der Waals surface area contributed by atoms with Gasteiger partial charge in [0.25, 0.3) is 0 Å². The van der Waals surface area contributed by atoms with Gasteiger partial charge in [0, 0.05) is 59.4 Å². The molecular weight excluding hydrogens is 413 g/mol. The van der Waals surface area contributed by atoms with Crippen molar-refractivity contribution in [1.29, 1.82) is 0 Å².